The van der Waals surface area contributed by atoms with Gasteiger partial charge >= 0.3 is 6.18 Å². The molecule has 6 nitrogen and oxygen atoms in total. The van der Waals surface area contributed by atoms with E-state index < -0.39 is 23.2 Å². The summed E-state index contributed by atoms with van der Waals surface area (Å²) in [6.45, 7) is 1.42. The van der Waals surface area contributed by atoms with Gasteiger partial charge in [0.05, 0.1) is 11.3 Å². The van der Waals surface area contributed by atoms with Gasteiger partial charge in [0.25, 0.3) is 5.56 Å². The standard InChI is InChI=1S/C15H11F3N4O2/c1-8-11(7-19)13(23)22(2)14(24)12(8)21-20-10-5-3-9(4-6-10)15(16,17)18/h3-6,23H,1-2H3. The van der Waals surface area contributed by atoms with Crippen molar-refractivity contribution < 1.29 is 18.3 Å². The number of alkyl halides is 3. The maximum Gasteiger partial charge on any atom is 0.416 e. The fourth-order valence-electron chi connectivity index (χ4n) is 1.95. The predicted molar refractivity (Wildman–Crippen MR) is 78.4 cm³/mol. The zero-order valence-electron chi connectivity index (χ0n) is 12.6. The molecule has 0 atom stereocenters. The lowest BCUT2D eigenvalue weighted by molar-refractivity contribution is -0.137. The Morgan fingerprint density at radius 3 is 2.29 bits per heavy atom. The second-order valence-corrected chi connectivity index (χ2v) is 4.89. The molecule has 9 heteroatoms. The third-order valence-corrected chi connectivity index (χ3v) is 3.35. The first kappa shape index (κ1) is 17.2. The van der Waals surface area contributed by atoms with Crippen LogP contribution in [-0.2, 0) is 13.2 Å². The number of azo groups is 1. The normalized spacial score (nSPS) is 11.7. The van der Waals surface area contributed by atoms with Crippen molar-refractivity contribution >= 4 is 11.4 Å². The number of hydrogen-bond acceptors (Lipinski definition) is 5. The maximum atomic E-state index is 12.5. The van der Waals surface area contributed by atoms with Crippen molar-refractivity contribution in [3.05, 3.63) is 51.3 Å². The number of benzene rings is 1. The molecular formula is C15H11F3N4O2. The lowest BCUT2D eigenvalue weighted by Gasteiger charge is -2.08. The molecule has 2 aromatic rings. The molecule has 124 valence electrons. The van der Waals surface area contributed by atoms with E-state index in [1.165, 1.54) is 14.0 Å². The van der Waals surface area contributed by atoms with Crippen LogP contribution in [0, 0.1) is 18.3 Å². The van der Waals surface area contributed by atoms with E-state index in [1.807, 2.05) is 0 Å². The van der Waals surface area contributed by atoms with Crippen molar-refractivity contribution in [1.82, 2.24) is 4.57 Å². The van der Waals surface area contributed by atoms with E-state index in [2.05, 4.69) is 10.2 Å². The number of halogens is 3. The molecule has 0 saturated carbocycles. The summed E-state index contributed by atoms with van der Waals surface area (Å²) in [5.74, 6) is -0.492. The number of hydrogen-bond donors (Lipinski definition) is 1. The van der Waals surface area contributed by atoms with Crippen LogP contribution in [0.2, 0.25) is 0 Å². The molecule has 0 bridgehead atoms. The highest BCUT2D eigenvalue weighted by atomic mass is 19.4. The summed E-state index contributed by atoms with van der Waals surface area (Å²) >= 11 is 0. The van der Waals surface area contributed by atoms with Gasteiger partial charge in [-0.1, -0.05) is 0 Å². The Balaban J connectivity index is 2.45. The molecule has 0 aliphatic heterocycles. The first-order valence-corrected chi connectivity index (χ1v) is 6.58. The number of nitriles is 1. The number of aromatic nitrogens is 1. The second-order valence-electron chi connectivity index (χ2n) is 4.89. The third kappa shape index (κ3) is 3.12. The van der Waals surface area contributed by atoms with Gasteiger partial charge in [-0.15, -0.1) is 5.11 Å². The first-order chi connectivity index (χ1) is 11.2. The highest BCUT2D eigenvalue weighted by molar-refractivity contribution is 5.56. The van der Waals surface area contributed by atoms with Gasteiger partial charge in [0.1, 0.15) is 11.6 Å². The Morgan fingerprint density at radius 2 is 1.79 bits per heavy atom. The van der Waals surface area contributed by atoms with E-state index >= 15 is 0 Å². The van der Waals surface area contributed by atoms with Crippen LogP contribution in [0.4, 0.5) is 24.5 Å². The van der Waals surface area contributed by atoms with Gasteiger partial charge < -0.3 is 5.11 Å². The van der Waals surface area contributed by atoms with Crippen molar-refractivity contribution in [1.29, 1.82) is 5.26 Å². The van der Waals surface area contributed by atoms with E-state index in [1.54, 1.807) is 6.07 Å². The van der Waals surface area contributed by atoms with Crippen molar-refractivity contribution in [3.8, 4) is 11.9 Å². The number of pyridine rings is 1. The van der Waals surface area contributed by atoms with Crippen LogP contribution < -0.4 is 5.56 Å². The Hall–Kier alpha value is -3.15. The van der Waals surface area contributed by atoms with E-state index in [-0.39, 0.29) is 22.5 Å². The maximum absolute atomic E-state index is 12.5. The summed E-state index contributed by atoms with van der Waals surface area (Å²) in [4.78, 5) is 12.1. The lowest BCUT2D eigenvalue weighted by atomic mass is 10.1. The first-order valence-electron chi connectivity index (χ1n) is 6.58. The molecule has 0 unspecified atom stereocenters. The minimum Gasteiger partial charge on any atom is -0.493 e. The zero-order valence-corrected chi connectivity index (χ0v) is 12.6. The fraction of sp³-hybridized carbons (Fsp3) is 0.200. The monoisotopic (exact) mass is 336 g/mol. The average molecular weight is 336 g/mol. The van der Waals surface area contributed by atoms with Gasteiger partial charge in [0, 0.05) is 12.6 Å². The molecule has 0 amide bonds. The molecule has 1 N–H and O–H groups in total. The van der Waals surface area contributed by atoms with Gasteiger partial charge in [-0.2, -0.15) is 23.5 Å². The molecule has 24 heavy (non-hydrogen) atoms. The Morgan fingerprint density at radius 1 is 1.21 bits per heavy atom. The zero-order chi connectivity index (χ0) is 18.1. The molecular weight excluding hydrogens is 325 g/mol. The van der Waals surface area contributed by atoms with Crippen LogP contribution in [0.5, 0.6) is 5.88 Å². The molecule has 0 aliphatic carbocycles. The molecule has 0 fully saturated rings. The number of rotatable bonds is 2. The Labute approximate surface area is 134 Å². The van der Waals surface area contributed by atoms with Crippen molar-refractivity contribution in [2.75, 3.05) is 0 Å². The molecule has 1 aromatic carbocycles. The second kappa shape index (κ2) is 6.16. The molecule has 2 rings (SSSR count). The van der Waals surface area contributed by atoms with Crippen LogP contribution in [0.1, 0.15) is 16.7 Å². The smallest absolute Gasteiger partial charge is 0.416 e. The number of aromatic hydroxyl groups is 1. The molecule has 1 aromatic heterocycles. The molecule has 0 radical (unpaired) electrons. The van der Waals surface area contributed by atoms with Crippen LogP contribution in [-0.4, -0.2) is 9.67 Å². The van der Waals surface area contributed by atoms with Gasteiger partial charge in [0.2, 0.25) is 5.88 Å². The lowest BCUT2D eigenvalue weighted by Crippen LogP contribution is -2.18. The van der Waals surface area contributed by atoms with E-state index in [4.69, 9.17) is 5.26 Å². The van der Waals surface area contributed by atoms with Crippen molar-refractivity contribution in [3.63, 3.8) is 0 Å². The van der Waals surface area contributed by atoms with Gasteiger partial charge in [-0.3, -0.25) is 9.36 Å². The fourth-order valence-corrected chi connectivity index (χ4v) is 1.95. The van der Waals surface area contributed by atoms with Crippen molar-refractivity contribution in [2.45, 2.75) is 13.1 Å². The molecule has 0 saturated heterocycles. The highest BCUT2D eigenvalue weighted by Gasteiger charge is 2.29. The van der Waals surface area contributed by atoms with E-state index in [9.17, 15) is 23.1 Å². The molecule has 1 heterocycles. The third-order valence-electron chi connectivity index (χ3n) is 3.35. The minimum atomic E-state index is -4.46. The van der Waals surface area contributed by atoms with Crippen LogP contribution in [0.25, 0.3) is 0 Å². The average Bonchev–Trinajstić information content (AvgIpc) is 2.53. The SMILES string of the molecule is Cc1c(C#N)c(O)n(C)c(=O)c1N=Nc1ccc(C(F)(F)F)cc1. The summed E-state index contributed by atoms with van der Waals surface area (Å²) in [6, 6.07) is 5.66. The molecule has 0 aliphatic rings. The topological polar surface area (TPSA) is 90.7 Å². The summed E-state index contributed by atoms with van der Waals surface area (Å²) < 4.78 is 38.3. The molecule has 0 spiro atoms. The Bertz CT molecular complexity index is 907. The van der Waals surface area contributed by atoms with E-state index in [0.29, 0.717) is 0 Å². The van der Waals surface area contributed by atoms with E-state index in [0.717, 1.165) is 28.8 Å². The minimum absolute atomic E-state index is 0.107. The predicted octanol–water partition coefficient (Wildman–Crippen LogP) is 3.71. The quantitative estimate of drug-likeness (QED) is 0.848. The summed E-state index contributed by atoms with van der Waals surface area (Å²) in [5.41, 5.74) is -1.57. The summed E-state index contributed by atoms with van der Waals surface area (Å²) in [6.07, 6.45) is -4.46. The Kier molecular flexibility index (Phi) is 4.41. The summed E-state index contributed by atoms with van der Waals surface area (Å²) in [5, 5.41) is 26.2. The van der Waals surface area contributed by atoms with Crippen LogP contribution in [0.3, 0.4) is 0 Å². The highest BCUT2D eigenvalue weighted by Crippen LogP contribution is 2.31. The summed E-state index contributed by atoms with van der Waals surface area (Å²) in [7, 11) is 1.26. The van der Waals surface area contributed by atoms with Crippen LogP contribution >= 0.6 is 0 Å². The van der Waals surface area contributed by atoms with Crippen LogP contribution in [0.15, 0.2) is 39.3 Å². The van der Waals surface area contributed by atoms with Gasteiger partial charge in [0.15, 0.2) is 5.69 Å². The number of nitrogens with zero attached hydrogens (tertiary/aromatic N) is 4. The van der Waals surface area contributed by atoms with Crippen molar-refractivity contribution in [2.24, 2.45) is 17.3 Å². The largest absolute Gasteiger partial charge is 0.493 e. The van der Waals surface area contributed by atoms with Gasteiger partial charge in [-0.05, 0) is 31.2 Å². The van der Waals surface area contributed by atoms with Gasteiger partial charge in [-0.25, -0.2) is 0 Å².